The van der Waals surface area contributed by atoms with Gasteiger partial charge in [0.15, 0.2) is 5.82 Å². The molecule has 0 fully saturated rings. The van der Waals surface area contributed by atoms with E-state index in [1.54, 1.807) is 27.0 Å². The number of hydrogen-bond donors (Lipinski definition) is 3. The van der Waals surface area contributed by atoms with E-state index in [9.17, 15) is 9.59 Å². The fourth-order valence-corrected chi connectivity index (χ4v) is 5.03. The molecule has 0 unspecified atom stereocenters. The van der Waals surface area contributed by atoms with Crippen LogP contribution in [-0.2, 0) is 14.9 Å². The van der Waals surface area contributed by atoms with Gasteiger partial charge in [0.1, 0.15) is 11.3 Å². The van der Waals surface area contributed by atoms with Crippen LogP contribution in [0, 0.1) is 6.92 Å². The van der Waals surface area contributed by atoms with Crippen LogP contribution in [0.15, 0.2) is 43.1 Å². The molecule has 1 aromatic carbocycles. The van der Waals surface area contributed by atoms with Crippen LogP contribution in [0.2, 0.25) is 0 Å². The SMILES string of the molecule is C=CC(=O)Nc1cc(Nc2ncc(C(=O)OC(C)C)c(N3CC(C)(C)c4nc(C)ccc43)n2)c(OC)cc1N(C)CCNC. The minimum Gasteiger partial charge on any atom is -0.494 e. The number of anilines is 6. The van der Waals surface area contributed by atoms with Crippen molar-refractivity contribution in [3.8, 4) is 5.75 Å². The van der Waals surface area contributed by atoms with Crippen molar-refractivity contribution in [2.45, 2.75) is 46.1 Å². The van der Waals surface area contributed by atoms with Crippen molar-refractivity contribution in [1.29, 1.82) is 0 Å². The number of fused-ring (bicyclic) bond motifs is 1. The number of esters is 1. The Morgan fingerprint density at radius 2 is 1.95 bits per heavy atom. The van der Waals surface area contributed by atoms with E-state index in [1.165, 1.54) is 12.3 Å². The van der Waals surface area contributed by atoms with Gasteiger partial charge in [0, 0.05) is 50.1 Å². The molecule has 3 heterocycles. The third kappa shape index (κ3) is 6.91. The molecule has 0 spiro atoms. The molecule has 1 aliphatic heterocycles. The van der Waals surface area contributed by atoms with Crippen molar-refractivity contribution in [2.24, 2.45) is 0 Å². The van der Waals surface area contributed by atoms with Gasteiger partial charge in [-0.15, -0.1) is 0 Å². The first-order chi connectivity index (χ1) is 20.9. The van der Waals surface area contributed by atoms with Gasteiger partial charge in [-0.25, -0.2) is 9.78 Å². The highest BCUT2D eigenvalue weighted by Gasteiger charge is 2.39. The Morgan fingerprint density at radius 1 is 1.20 bits per heavy atom. The number of hydrogen-bond acceptors (Lipinski definition) is 11. The molecule has 0 saturated carbocycles. The standard InChI is InChI=1S/C32H42N8O4/c1-10-27(41)36-22-15-23(26(43-9)16-25(22)39(8)14-13-33-7)37-31-34-17-21(30(42)44-19(2)3)29(38-31)40-18-32(5,6)28-24(40)12-11-20(4)35-28/h10-12,15-17,19,33H,1,13-14,18H2,2-9H3,(H,36,41)(H,34,37,38). The van der Waals surface area contributed by atoms with Crippen molar-refractivity contribution in [2.75, 3.05) is 61.3 Å². The molecule has 12 heteroatoms. The van der Waals surface area contributed by atoms with Gasteiger partial charge < -0.3 is 35.2 Å². The molecular weight excluding hydrogens is 560 g/mol. The minimum absolute atomic E-state index is 0.225. The fraction of sp³-hybridized carbons (Fsp3) is 0.406. The van der Waals surface area contributed by atoms with Gasteiger partial charge >= 0.3 is 5.97 Å². The number of rotatable bonds is 12. The third-order valence-corrected chi connectivity index (χ3v) is 7.20. The summed E-state index contributed by atoms with van der Waals surface area (Å²) in [5, 5.41) is 9.26. The summed E-state index contributed by atoms with van der Waals surface area (Å²) in [6.07, 6.45) is 2.36. The van der Waals surface area contributed by atoms with Crippen LogP contribution in [0.1, 0.15) is 49.4 Å². The molecule has 234 valence electrons. The molecule has 4 rings (SSSR count). The van der Waals surface area contributed by atoms with Gasteiger partial charge in [0.2, 0.25) is 11.9 Å². The molecule has 44 heavy (non-hydrogen) atoms. The molecule has 3 aromatic rings. The second kappa shape index (κ2) is 13.3. The number of aromatic nitrogens is 3. The number of aryl methyl sites for hydroxylation is 1. The van der Waals surface area contributed by atoms with Crippen LogP contribution in [0.4, 0.5) is 34.5 Å². The Morgan fingerprint density at radius 3 is 2.61 bits per heavy atom. The summed E-state index contributed by atoms with van der Waals surface area (Å²) in [6, 6.07) is 7.54. The largest absolute Gasteiger partial charge is 0.494 e. The molecule has 3 N–H and O–H groups in total. The van der Waals surface area contributed by atoms with E-state index in [4.69, 9.17) is 19.4 Å². The average Bonchev–Trinajstić information content (AvgIpc) is 3.24. The zero-order valence-corrected chi connectivity index (χ0v) is 26.7. The Hall–Kier alpha value is -4.71. The molecular formula is C32H42N8O4. The normalized spacial score (nSPS) is 13.3. The van der Waals surface area contributed by atoms with Crippen molar-refractivity contribution in [3.05, 3.63) is 60.1 Å². The minimum atomic E-state index is -0.520. The van der Waals surface area contributed by atoms with E-state index in [0.717, 1.165) is 29.3 Å². The Labute approximate surface area is 258 Å². The first-order valence-electron chi connectivity index (χ1n) is 14.5. The summed E-state index contributed by atoms with van der Waals surface area (Å²) in [5.74, 6) is 0.258. The van der Waals surface area contributed by atoms with E-state index in [-0.39, 0.29) is 28.9 Å². The van der Waals surface area contributed by atoms with E-state index in [1.807, 2.05) is 49.0 Å². The van der Waals surface area contributed by atoms with Crippen LogP contribution < -0.4 is 30.5 Å². The molecule has 0 atom stereocenters. The maximum Gasteiger partial charge on any atom is 0.343 e. The predicted molar refractivity (Wildman–Crippen MR) is 174 cm³/mol. The van der Waals surface area contributed by atoms with Crippen LogP contribution >= 0.6 is 0 Å². The molecule has 0 aliphatic carbocycles. The second-order valence-corrected chi connectivity index (χ2v) is 11.6. The molecule has 0 radical (unpaired) electrons. The molecule has 0 bridgehead atoms. The summed E-state index contributed by atoms with van der Waals surface area (Å²) in [7, 11) is 5.37. The third-order valence-electron chi connectivity index (χ3n) is 7.20. The van der Waals surface area contributed by atoms with Crippen molar-refractivity contribution in [3.63, 3.8) is 0 Å². The van der Waals surface area contributed by atoms with E-state index < -0.39 is 5.97 Å². The summed E-state index contributed by atoms with van der Waals surface area (Å²) in [6.45, 7) is 15.3. The summed E-state index contributed by atoms with van der Waals surface area (Å²) < 4.78 is 11.3. The number of ether oxygens (including phenoxy) is 2. The first kappa shape index (κ1) is 32.2. The van der Waals surface area contributed by atoms with Crippen LogP contribution in [0.3, 0.4) is 0 Å². The number of carbonyl (C=O) groups is 2. The zero-order chi connectivity index (χ0) is 32.2. The molecule has 1 aliphatic rings. The lowest BCUT2D eigenvalue weighted by atomic mass is 9.91. The van der Waals surface area contributed by atoms with Gasteiger partial charge in [0.05, 0.1) is 41.7 Å². The summed E-state index contributed by atoms with van der Waals surface area (Å²) in [5.41, 5.74) is 4.46. The summed E-state index contributed by atoms with van der Waals surface area (Å²) in [4.78, 5) is 43.7. The van der Waals surface area contributed by atoms with Crippen LogP contribution in [0.5, 0.6) is 5.75 Å². The van der Waals surface area contributed by atoms with Gasteiger partial charge in [-0.1, -0.05) is 20.4 Å². The van der Waals surface area contributed by atoms with Gasteiger partial charge in [-0.05, 0) is 52.1 Å². The summed E-state index contributed by atoms with van der Waals surface area (Å²) >= 11 is 0. The number of pyridine rings is 1. The lowest BCUT2D eigenvalue weighted by Crippen LogP contribution is -2.28. The Bertz CT molecular complexity index is 1560. The van der Waals surface area contributed by atoms with Gasteiger partial charge in [-0.2, -0.15) is 4.98 Å². The lowest BCUT2D eigenvalue weighted by Gasteiger charge is -2.25. The van der Waals surface area contributed by atoms with E-state index in [2.05, 4.69) is 41.4 Å². The Kier molecular flexibility index (Phi) is 9.73. The molecule has 1 amide bonds. The number of carbonyl (C=O) groups excluding carboxylic acids is 2. The number of nitrogens with one attached hydrogen (secondary N) is 3. The van der Waals surface area contributed by atoms with Crippen molar-refractivity contribution >= 4 is 46.4 Å². The van der Waals surface area contributed by atoms with Crippen LogP contribution in [0.25, 0.3) is 0 Å². The predicted octanol–water partition coefficient (Wildman–Crippen LogP) is 4.71. The lowest BCUT2D eigenvalue weighted by molar-refractivity contribution is -0.111. The molecule has 12 nitrogen and oxygen atoms in total. The smallest absolute Gasteiger partial charge is 0.343 e. The fourth-order valence-electron chi connectivity index (χ4n) is 5.03. The number of benzene rings is 1. The van der Waals surface area contributed by atoms with Crippen molar-refractivity contribution < 1.29 is 19.1 Å². The number of nitrogens with zero attached hydrogens (tertiary/aromatic N) is 5. The van der Waals surface area contributed by atoms with Crippen molar-refractivity contribution in [1.82, 2.24) is 20.3 Å². The maximum absolute atomic E-state index is 13.2. The highest BCUT2D eigenvalue weighted by molar-refractivity contribution is 6.02. The zero-order valence-electron chi connectivity index (χ0n) is 26.7. The first-order valence-corrected chi connectivity index (χ1v) is 14.5. The number of methoxy groups -OCH3 is 1. The quantitative estimate of drug-likeness (QED) is 0.197. The highest BCUT2D eigenvalue weighted by atomic mass is 16.5. The van der Waals surface area contributed by atoms with Crippen LogP contribution in [-0.4, -0.2) is 73.8 Å². The molecule has 2 aromatic heterocycles. The Balaban J connectivity index is 1.81. The number of likely N-dealkylation sites (N-methyl/N-ethyl adjacent to an activating group) is 2. The number of amides is 1. The van der Waals surface area contributed by atoms with E-state index >= 15 is 0 Å². The van der Waals surface area contributed by atoms with Gasteiger partial charge in [-0.3, -0.25) is 9.78 Å². The second-order valence-electron chi connectivity index (χ2n) is 11.6. The van der Waals surface area contributed by atoms with E-state index in [0.29, 0.717) is 36.0 Å². The monoisotopic (exact) mass is 602 g/mol. The maximum atomic E-state index is 13.2. The van der Waals surface area contributed by atoms with Gasteiger partial charge in [0.25, 0.3) is 0 Å². The molecule has 0 saturated heterocycles. The average molecular weight is 603 g/mol. The topological polar surface area (TPSA) is 134 Å². The highest BCUT2D eigenvalue weighted by Crippen LogP contribution is 2.44.